The van der Waals surface area contributed by atoms with Crippen LogP contribution in [0.4, 0.5) is 4.39 Å². The molecule has 0 aromatic rings. The molecule has 3 heteroatoms. The Bertz CT molecular complexity index is 119. The molecule has 1 rings (SSSR count). The fraction of sp³-hybridized carbons (Fsp3) is 1.00. The van der Waals surface area contributed by atoms with Crippen LogP contribution >= 0.6 is 0 Å². The van der Waals surface area contributed by atoms with E-state index in [2.05, 4.69) is 5.32 Å². The molecule has 1 fully saturated rings. The predicted octanol–water partition coefficient (Wildman–Crippen LogP) is 0.815. The second kappa shape index (κ2) is 3.50. The highest BCUT2D eigenvalue weighted by molar-refractivity contribution is 4.90. The van der Waals surface area contributed by atoms with Crippen LogP contribution in [0.15, 0.2) is 0 Å². The lowest BCUT2D eigenvalue weighted by Crippen LogP contribution is -2.52. The summed E-state index contributed by atoms with van der Waals surface area (Å²) in [6, 6.07) is -0.0266. The molecular weight excluding hydrogens is 143 g/mol. The molecule has 3 N–H and O–H groups in total. The van der Waals surface area contributed by atoms with Gasteiger partial charge in [0.1, 0.15) is 5.67 Å². The van der Waals surface area contributed by atoms with Crippen LogP contribution in [0.25, 0.3) is 0 Å². The molecule has 1 aliphatic heterocycles. The van der Waals surface area contributed by atoms with Gasteiger partial charge in [0.15, 0.2) is 0 Å². The molecule has 66 valence electrons. The summed E-state index contributed by atoms with van der Waals surface area (Å²) in [6.07, 6.45) is 3.21. The number of nitrogens with one attached hydrogen (secondary N) is 1. The zero-order valence-electron chi connectivity index (χ0n) is 7.07. The molecule has 2 atom stereocenters. The van der Waals surface area contributed by atoms with E-state index in [0.717, 1.165) is 25.8 Å². The Morgan fingerprint density at radius 3 is 2.82 bits per heavy atom. The predicted molar refractivity (Wildman–Crippen MR) is 44.2 cm³/mol. The highest BCUT2D eigenvalue weighted by Gasteiger charge is 2.33. The van der Waals surface area contributed by atoms with Gasteiger partial charge in [-0.3, -0.25) is 0 Å². The molecule has 1 aliphatic rings. The van der Waals surface area contributed by atoms with Crippen LogP contribution in [0, 0.1) is 0 Å². The summed E-state index contributed by atoms with van der Waals surface area (Å²) in [5.41, 5.74) is 4.10. The van der Waals surface area contributed by atoms with Crippen LogP contribution < -0.4 is 11.1 Å². The van der Waals surface area contributed by atoms with Crippen molar-refractivity contribution in [1.82, 2.24) is 5.32 Å². The van der Waals surface area contributed by atoms with Crippen molar-refractivity contribution in [2.75, 3.05) is 13.1 Å². The van der Waals surface area contributed by atoms with E-state index < -0.39 is 5.67 Å². The number of hydrogen-bond donors (Lipinski definition) is 2. The molecule has 0 bridgehead atoms. The maximum absolute atomic E-state index is 13.5. The standard InChI is InChI=1S/C8H17FN2/c1-8(9,6-10)7-4-2-3-5-11-7/h7,11H,2-6,10H2,1H3. The van der Waals surface area contributed by atoms with Crippen LogP contribution in [0.1, 0.15) is 26.2 Å². The topological polar surface area (TPSA) is 38.0 Å². The molecule has 0 radical (unpaired) electrons. The summed E-state index contributed by atoms with van der Waals surface area (Å²) in [4.78, 5) is 0. The van der Waals surface area contributed by atoms with E-state index in [4.69, 9.17) is 5.73 Å². The summed E-state index contributed by atoms with van der Waals surface area (Å²) >= 11 is 0. The summed E-state index contributed by atoms with van der Waals surface area (Å²) < 4.78 is 13.5. The van der Waals surface area contributed by atoms with Crippen molar-refractivity contribution in [3.8, 4) is 0 Å². The first-order valence-corrected chi connectivity index (χ1v) is 4.29. The highest BCUT2D eigenvalue weighted by Crippen LogP contribution is 2.21. The van der Waals surface area contributed by atoms with E-state index in [9.17, 15) is 4.39 Å². The van der Waals surface area contributed by atoms with E-state index in [1.165, 1.54) is 0 Å². The number of piperidine rings is 1. The highest BCUT2D eigenvalue weighted by atomic mass is 19.1. The summed E-state index contributed by atoms with van der Waals surface area (Å²) in [7, 11) is 0. The Morgan fingerprint density at radius 1 is 1.64 bits per heavy atom. The van der Waals surface area contributed by atoms with Gasteiger partial charge in [-0.2, -0.15) is 0 Å². The van der Waals surface area contributed by atoms with Gasteiger partial charge in [0.2, 0.25) is 0 Å². The number of halogens is 1. The van der Waals surface area contributed by atoms with Gasteiger partial charge in [-0.05, 0) is 26.3 Å². The van der Waals surface area contributed by atoms with Crippen LogP contribution in [0.3, 0.4) is 0 Å². The van der Waals surface area contributed by atoms with Gasteiger partial charge < -0.3 is 11.1 Å². The molecule has 0 amide bonds. The summed E-state index contributed by atoms with van der Waals surface area (Å²) in [5, 5.41) is 3.16. The monoisotopic (exact) mass is 160 g/mol. The summed E-state index contributed by atoms with van der Waals surface area (Å²) in [6.45, 7) is 2.63. The van der Waals surface area contributed by atoms with Crippen molar-refractivity contribution in [1.29, 1.82) is 0 Å². The van der Waals surface area contributed by atoms with Gasteiger partial charge >= 0.3 is 0 Å². The van der Waals surface area contributed by atoms with E-state index in [1.807, 2.05) is 0 Å². The Hall–Kier alpha value is -0.150. The third-order valence-corrected chi connectivity index (χ3v) is 2.44. The molecule has 11 heavy (non-hydrogen) atoms. The van der Waals surface area contributed by atoms with Crippen molar-refractivity contribution in [2.45, 2.75) is 37.9 Å². The van der Waals surface area contributed by atoms with E-state index in [-0.39, 0.29) is 12.6 Å². The zero-order valence-corrected chi connectivity index (χ0v) is 7.07. The first kappa shape index (κ1) is 8.94. The molecule has 2 nitrogen and oxygen atoms in total. The van der Waals surface area contributed by atoms with Crippen molar-refractivity contribution < 1.29 is 4.39 Å². The fourth-order valence-electron chi connectivity index (χ4n) is 1.51. The second-order valence-electron chi connectivity index (χ2n) is 3.48. The average Bonchev–Trinajstić information content (AvgIpc) is 2.06. The minimum absolute atomic E-state index is 0.0266. The molecule has 0 saturated carbocycles. The van der Waals surface area contributed by atoms with Gasteiger partial charge in [0.25, 0.3) is 0 Å². The molecule has 0 aliphatic carbocycles. The van der Waals surface area contributed by atoms with Crippen molar-refractivity contribution in [3.05, 3.63) is 0 Å². The molecule has 1 heterocycles. The molecule has 0 aromatic carbocycles. The van der Waals surface area contributed by atoms with Gasteiger partial charge in [-0.25, -0.2) is 4.39 Å². The summed E-state index contributed by atoms with van der Waals surface area (Å²) in [5.74, 6) is 0. The van der Waals surface area contributed by atoms with Crippen molar-refractivity contribution >= 4 is 0 Å². The normalized spacial score (nSPS) is 31.4. The fourth-order valence-corrected chi connectivity index (χ4v) is 1.51. The Balaban J connectivity index is 2.43. The lowest BCUT2D eigenvalue weighted by Gasteiger charge is -2.33. The first-order valence-electron chi connectivity index (χ1n) is 4.29. The van der Waals surface area contributed by atoms with Crippen molar-refractivity contribution in [3.63, 3.8) is 0 Å². The third kappa shape index (κ3) is 2.14. The molecular formula is C8H17FN2. The average molecular weight is 160 g/mol. The number of alkyl halides is 1. The Labute approximate surface area is 67.3 Å². The van der Waals surface area contributed by atoms with Gasteiger partial charge in [0, 0.05) is 12.6 Å². The maximum Gasteiger partial charge on any atom is 0.135 e. The van der Waals surface area contributed by atoms with Crippen LogP contribution in [-0.4, -0.2) is 24.8 Å². The first-order chi connectivity index (χ1) is 5.17. The lowest BCUT2D eigenvalue weighted by atomic mass is 9.91. The second-order valence-corrected chi connectivity index (χ2v) is 3.48. The molecule has 1 saturated heterocycles. The molecule has 0 spiro atoms. The van der Waals surface area contributed by atoms with Gasteiger partial charge in [0.05, 0.1) is 0 Å². The van der Waals surface area contributed by atoms with Crippen molar-refractivity contribution in [2.24, 2.45) is 5.73 Å². The van der Waals surface area contributed by atoms with Gasteiger partial charge in [-0.15, -0.1) is 0 Å². The number of hydrogen-bond acceptors (Lipinski definition) is 2. The van der Waals surface area contributed by atoms with E-state index in [1.54, 1.807) is 6.92 Å². The third-order valence-electron chi connectivity index (χ3n) is 2.44. The maximum atomic E-state index is 13.5. The minimum atomic E-state index is -1.22. The SMILES string of the molecule is CC(F)(CN)C1CCCCN1. The van der Waals surface area contributed by atoms with Gasteiger partial charge in [-0.1, -0.05) is 6.42 Å². The lowest BCUT2D eigenvalue weighted by molar-refractivity contribution is 0.117. The number of rotatable bonds is 2. The van der Waals surface area contributed by atoms with Crippen LogP contribution in [-0.2, 0) is 0 Å². The quantitative estimate of drug-likeness (QED) is 0.627. The number of nitrogens with two attached hydrogens (primary N) is 1. The Kier molecular flexibility index (Phi) is 2.84. The van der Waals surface area contributed by atoms with Crippen LogP contribution in [0.2, 0.25) is 0 Å². The smallest absolute Gasteiger partial charge is 0.135 e. The molecule has 2 unspecified atom stereocenters. The zero-order chi connectivity index (χ0) is 8.32. The largest absolute Gasteiger partial charge is 0.327 e. The van der Waals surface area contributed by atoms with E-state index in [0.29, 0.717) is 0 Å². The Morgan fingerprint density at radius 2 is 2.36 bits per heavy atom. The molecule has 0 aromatic heterocycles. The van der Waals surface area contributed by atoms with E-state index >= 15 is 0 Å². The van der Waals surface area contributed by atoms with Crippen LogP contribution in [0.5, 0.6) is 0 Å². The minimum Gasteiger partial charge on any atom is -0.327 e.